The number of sulfonamides is 1. The van der Waals surface area contributed by atoms with Crippen LogP contribution in [0.25, 0.3) is 0 Å². The van der Waals surface area contributed by atoms with Crippen molar-refractivity contribution < 1.29 is 37.0 Å². The first kappa shape index (κ1) is 29.1. The molecule has 3 unspecified atom stereocenters. The number of halogens is 2. The van der Waals surface area contributed by atoms with Crippen molar-refractivity contribution in [1.82, 2.24) is 15.6 Å². The van der Waals surface area contributed by atoms with Crippen molar-refractivity contribution in [3.05, 3.63) is 82.4 Å². The molecule has 38 heavy (non-hydrogen) atoms. The van der Waals surface area contributed by atoms with E-state index in [-0.39, 0.29) is 29.4 Å². The van der Waals surface area contributed by atoms with Crippen LogP contribution in [-0.4, -0.2) is 59.9 Å². The van der Waals surface area contributed by atoms with Gasteiger partial charge in [-0.15, -0.1) is 11.3 Å². The third-order valence-electron chi connectivity index (χ3n) is 5.24. The molecular formula is C24H26F2N4O6S2. The Kier molecular flexibility index (Phi) is 9.85. The van der Waals surface area contributed by atoms with Crippen LogP contribution in [0.3, 0.4) is 0 Å². The Balaban J connectivity index is 1.72. The maximum absolute atomic E-state index is 13.7. The summed E-state index contributed by atoms with van der Waals surface area (Å²) in [6.45, 7) is 0.193. The van der Waals surface area contributed by atoms with Gasteiger partial charge in [-0.1, -0.05) is 30.3 Å². The second-order valence-corrected chi connectivity index (χ2v) is 11.1. The quantitative estimate of drug-likeness (QED) is 0.222. The third-order valence-corrected chi connectivity index (χ3v) is 6.69. The van der Waals surface area contributed by atoms with Crippen LogP contribution in [0, 0.1) is 11.6 Å². The largest absolute Gasteiger partial charge is 0.390 e. The van der Waals surface area contributed by atoms with Crippen LogP contribution < -0.4 is 15.4 Å². The fourth-order valence-corrected chi connectivity index (χ4v) is 5.06. The molecule has 3 rings (SSSR count). The molecule has 3 aromatic rings. The van der Waals surface area contributed by atoms with E-state index in [1.165, 1.54) is 5.38 Å². The summed E-state index contributed by atoms with van der Waals surface area (Å²) in [6, 6.07) is 10.4. The summed E-state index contributed by atoms with van der Waals surface area (Å²) in [7, 11) is -3.64. The van der Waals surface area contributed by atoms with E-state index < -0.39 is 58.1 Å². The van der Waals surface area contributed by atoms with Gasteiger partial charge in [0.25, 0.3) is 5.91 Å². The van der Waals surface area contributed by atoms with Crippen LogP contribution in [-0.2, 0) is 27.8 Å². The molecule has 1 heterocycles. The fourth-order valence-electron chi connectivity index (χ4n) is 3.51. The van der Waals surface area contributed by atoms with Crippen LogP contribution in [0.5, 0.6) is 0 Å². The molecule has 0 aliphatic carbocycles. The van der Waals surface area contributed by atoms with Gasteiger partial charge >= 0.3 is 0 Å². The molecule has 0 aliphatic heterocycles. The lowest BCUT2D eigenvalue weighted by Gasteiger charge is -2.27. The molecular weight excluding hydrogens is 542 g/mol. The normalized spacial score (nSPS) is 13.8. The number of carbonyl (C=O) groups excluding carboxylic acids is 2. The van der Waals surface area contributed by atoms with Gasteiger partial charge in [-0.2, -0.15) is 0 Å². The van der Waals surface area contributed by atoms with Crippen molar-refractivity contribution in [2.75, 3.05) is 11.0 Å². The van der Waals surface area contributed by atoms with Gasteiger partial charge in [0.2, 0.25) is 15.9 Å². The maximum Gasteiger partial charge on any atom is 0.271 e. The molecule has 2 amide bonds. The molecule has 1 aromatic heterocycles. The Morgan fingerprint density at radius 3 is 2.34 bits per heavy atom. The van der Waals surface area contributed by atoms with Gasteiger partial charge in [-0.3, -0.25) is 14.3 Å². The summed E-state index contributed by atoms with van der Waals surface area (Å²) in [6.07, 6.45) is -3.27. The Hall–Kier alpha value is -3.46. The van der Waals surface area contributed by atoms with Gasteiger partial charge < -0.3 is 20.8 Å². The van der Waals surface area contributed by atoms with E-state index in [0.717, 1.165) is 35.3 Å². The first-order chi connectivity index (χ1) is 17.9. The number of thiazole rings is 1. The number of aliphatic hydroxyl groups is 2. The summed E-state index contributed by atoms with van der Waals surface area (Å²) in [5, 5.41) is 27.6. The van der Waals surface area contributed by atoms with Crippen LogP contribution in [0.2, 0.25) is 0 Å². The lowest BCUT2D eigenvalue weighted by molar-refractivity contribution is -0.125. The van der Waals surface area contributed by atoms with E-state index >= 15 is 0 Å². The zero-order chi connectivity index (χ0) is 27.9. The van der Waals surface area contributed by atoms with Crippen LogP contribution in [0.15, 0.2) is 53.9 Å². The minimum Gasteiger partial charge on any atom is -0.390 e. The molecule has 0 saturated heterocycles. The molecule has 0 bridgehead atoms. The van der Waals surface area contributed by atoms with Crippen molar-refractivity contribution in [3.8, 4) is 0 Å². The number of carbonyl (C=O) groups is 2. The molecule has 3 atom stereocenters. The third kappa shape index (κ3) is 9.13. The van der Waals surface area contributed by atoms with Crippen LogP contribution in [0.4, 0.5) is 13.9 Å². The highest BCUT2D eigenvalue weighted by Crippen LogP contribution is 2.18. The summed E-state index contributed by atoms with van der Waals surface area (Å²) < 4.78 is 52.4. The smallest absolute Gasteiger partial charge is 0.271 e. The molecule has 10 nitrogen and oxygen atoms in total. The zero-order valence-electron chi connectivity index (χ0n) is 20.1. The SMILES string of the molecule is CS(=O)(=O)Nc1nc(C(=O)NC(Cc2cc(F)cc(F)c2)C(O)C(O)CC(=O)NCc2ccccc2)cs1. The molecule has 5 N–H and O–H groups in total. The minimum atomic E-state index is -3.64. The van der Waals surface area contributed by atoms with E-state index in [2.05, 4.69) is 20.3 Å². The highest BCUT2D eigenvalue weighted by Gasteiger charge is 2.30. The Morgan fingerprint density at radius 2 is 1.71 bits per heavy atom. The number of aliphatic hydroxyl groups excluding tert-OH is 2. The Labute approximate surface area is 221 Å². The van der Waals surface area contributed by atoms with Crippen LogP contribution >= 0.6 is 11.3 Å². The van der Waals surface area contributed by atoms with Gasteiger partial charge in [-0.25, -0.2) is 22.2 Å². The van der Waals surface area contributed by atoms with Crippen molar-refractivity contribution in [3.63, 3.8) is 0 Å². The van der Waals surface area contributed by atoms with Gasteiger partial charge in [-0.05, 0) is 29.7 Å². The molecule has 0 saturated carbocycles. The fraction of sp³-hybridized carbons (Fsp3) is 0.292. The van der Waals surface area contributed by atoms with Crippen molar-refractivity contribution >= 4 is 38.3 Å². The monoisotopic (exact) mass is 568 g/mol. The lowest BCUT2D eigenvalue weighted by Crippen LogP contribution is -2.50. The number of anilines is 1. The standard InChI is InChI=1S/C24H26F2N4O6S2/c1-38(35,36)30-24-29-19(13-37-24)23(34)28-18(9-15-7-16(25)10-17(26)8-15)22(33)20(31)11-21(32)27-12-14-5-3-2-4-6-14/h2-8,10,13,18,20,22,31,33H,9,11-12H2,1H3,(H,27,32)(H,28,34)(H,29,30). The average Bonchev–Trinajstić information content (AvgIpc) is 3.29. The number of nitrogens with one attached hydrogen (secondary N) is 3. The van der Waals surface area contributed by atoms with E-state index in [0.29, 0.717) is 6.07 Å². The van der Waals surface area contributed by atoms with Gasteiger partial charge in [0.05, 0.1) is 24.8 Å². The maximum atomic E-state index is 13.7. The Morgan fingerprint density at radius 1 is 1.05 bits per heavy atom. The molecule has 2 aromatic carbocycles. The molecule has 0 fully saturated rings. The second-order valence-electron chi connectivity index (χ2n) is 8.50. The predicted molar refractivity (Wildman–Crippen MR) is 137 cm³/mol. The van der Waals surface area contributed by atoms with Crippen molar-refractivity contribution in [2.45, 2.75) is 37.6 Å². The first-order valence-electron chi connectivity index (χ1n) is 11.3. The number of nitrogens with zero attached hydrogens (tertiary/aromatic N) is 1. The lowest BCUT2D eigenvalue weighted by atomic mass is 9.95. The highest BCUT2D eigenvalue weighted by atomic mass is 32.2. The minimum absolute atomic E-state index is 0.0722. The molecule has 14 heteroatoms. The number of rotatable bonds is 12. The van der Waals surface area contributed by atoms with Gasteiger partial charge in [0, 0.05) is 18.0 Å². The topological polar surface area (TPSA) is 158 Å². The molecule has 0 aliphatic rings. The van der Waals surface area contributed by atoms with Crippen LogP contribution in [0.1, 0.15) is 28.0 Å². The summed E-state index contributed by atoms with van der Waals surface area (Å²) in [5.41, 5.74) is 0.700. The first-order valence-corrected chi connectivity index (χ1v) is 14.0. The average molecular weight is 569 g/mol. The number of benzene rings is 2. The summed E-state index contributed by atoms with van der Waals surface area (Å²) >= 11 is 0.840. The second kappa shape index (κ2) is 12.9. The van der Waals surface area contributed by atoms with E-state index in [4.69, 9.17) is 0 Å². The Bertz CT molecular complexity index is 1350. The van der Waals surface area contributed by atoms with Crippen molar-refractivity contribution in [1.29, 1.82) is 0 Å². The number of hydrogen-bond acceptors (Lipinski definition) is 8. The summed E-state index contributed by atoms with van der Waals surface area (Å²) in [4.78, 5) is 29.0. The molecule has 0 spiro atoms. The summed E-state index contributed by atoms with van der Waals surface area (Å²) in [5.74, 6) is -3.17. The van der Waals surface area contributed by atoms with Gasteiger partial charge in [0.1, 0.15) is 23.4 Å². The van der Waals surface area contributed by atoms with E-state index in [1.807, 2.05) is 6.07 Å². The zero-order valence-corrected chi connectivity index (χ0v) is 21.7. The van der Waals surface area contributed by atoms with E-state index in [1.54, 1.807) is 24.3 Å². The van der Waals surface area contributed by atoms with E-state index in [9.17, 15) is 37.0 Å². The number of aromatic nitrogens is 1. The van der Waals surface area contributed by atoms with Crippen molar-refractivity contribution in [2.24, 2.45) is 0 Å². The number of hydrogen-bond donors (Lipinski definition) is 5. The molecule has 0 radical (unpaired) electrons. The highest BCUT2D eigenvalue weighted by molar-refractivity contribution is 7.92. The van der Waals surface area contributed by atoms with Gasteiger partial charge in [0.15, 0.2) is 5.13 Å². The number of amides is 2. The predicted octanol–water partition coefficient (Wildman–Crippen LogP) is 1.56. The molecule has 204 valence electrons.